The molecule has 1 fully saturated rings. The van der Waals surface area contributed by atoms with E-state index in [9.17, 15) is 9.18 Å². The van der Waals surface area contributed by atoms with Gasteiger partial charge in [0.2, 0.25) is 0 Å². The number of hydrogen-bond acceptors (Lipinski definition) is 7. The van der Waals surface area contributed by atoms with Gasteiger partial charge in [0.15, 0.2) is 5.82 Å². The van der Waals surface area contributed by atoms with Gasteiger partial charge in [0.25, 0.3) is 0 Å². The van der Waals surface area contributed by atoms with Crippen LogP contribution < -0.4 is 10.6 Å². The maximum absolute atomic E-state index is 14.0. The molecule has 2 aromatic rings. The number of anilines is 2. The highest BCUT2D eigenvalue weighted by atomic mass is 19.1. The van der Waals surface area contributed by atoms with E-state index >= 15 is 0 Å². The zero-order valence-electron chi connectivity index (χ0n) is 16.5. The van der Waals surface area contributed by atoms with Crippen LogP contribution in [0, 0.1) is 5.82 Å². The van der Waals surface area contributed by atoms with Crippen LogP contribution in [-0.2, 0) is 22.6 Å². The minimum Gasteiger partial charge on any atom is -0.450 e. The summed E-state index contributed by atoms with van der Waals surface area (Å²) >= 11 is 0. The fourth-order valence-corrected chi connectivity index (χ4v) is 3.66. The Kier molecular flexibility index (Phi) is 5.23. The Hall–Kier alpha value is -2.94. The van der Waals surface area contributed by atoms with E-state index in [2.05, 4.69) is 16.8 Å². The molecule has 0 aliphatic carbocycles. The van der Waals surface area contributed by atoms with Crippen molar-refractivity contribution in [1.82, 2.24) is 14.9 Å². The number of morpholine rings is 1. The van der Waals surface area contributed by atoms with Crippen LogP contribution in [0.1, 0.15) is 25.1 Å². The number of hydrogen-bond donors (Lipinski definition) is 1. The van der Waals surface area contributed by atoms with Gasteiger partial charge in [0, 0.05) is 17.7 Å². The molecule has 1 aromatic heterocycles. The van der Waals surface area contributed by atoms with Crippen molar-refractivity contribution < 1.29 is 18.7 Å². The number of nitrogen functional groups attached to an aromatic ring is 1. The number of amides is 1. The van der Waals surface area contributed by atoms with Gasteiger partial charge in [-0.15, -0.1) is 0 Å². The summed E-state index contributed by atoms with van der Waals surface area (Å²) in [5, 5.41) is 0. The van der Waals surface area contributed by atoms with Gasteiger partial charge in [-0.25, -0.2) is 19.2 Å². The molecule has 4 rings (SSSR count). The van der Waals surface area contributed by atoms with Crippen LogP contribution in [0.2, 0.25) is 0 Å². The first-order valence-electron chi connectivity index (χ1n) is 9.69. The van der Waals surface area contributed by atoms with E-state index in [4.69, 9.17) is 20.2 Å². The standard InChI is InChI=1S/C20H24FN5O3/c1-3-29-20(27)25-9-14-17(10-25)23-18(13-4-5-16(22)15(21)8-13)24-19(14)26-6-7-28-11-12(26)2/h4-5,8,12H,3,6-7,9-11,22H2,1-2H3. The van der Waals surface area contributed by atoms with E-state index in [1.807, 2.05) is 0 Å². The van der Waals surface area contributed by atoms with E-state index in [0.717, 1.165) is 17.1 Å². The quantitative estimate of drug-likeness (QED) is 0.790. The van der Waals surface area contributed by atoms with Gasteiger partial charge in [-0.1, -0.05) is 0 Å². The highest BCUT2D eigenvalue weighted by Crippen LogP contribution is 2.34. The largest absolute Gasteiger partial charge is 0.450 e. The molecule has 0 bridgehead atoms. The van der Waals surface area contributed by atoms with Crippen molar-refractivity contribution >= 4 is 17.6 Å². The van der Waals surface area contributed by atoms with Crippen molar-refractivity contribution in [3.8, 4) is 11.4 Å². The lowest BCUT2D eigenvalue weighted by molar-refractivity contribution is 0.0980. The Labute approximate surface area is 168 Å². The minimum atomic E-state index is -0.513. The van der Waals surface area contributed by atoms with Gasteiger partial charge >= 0.3 is 6.09 Å². The number of ether oxygens (including phenoxy) is 2. The Morgan fingerprint density at radius 3 is 2.93 bits per heavy atom. The summed E-state index contributed by atoms with van der Waals surface area (Å²) in [7, 11) is 0. The molecule has 0 spiro atoms. The molecule has 1 amide bonds. The van der Waals surface area contributed by atoms with Gasteiger partial charge in [0.1, 0.15) is 11.6 Å². The average Bonchev–Trinajstić information content (AvgIpc) is 3.14. The van der Waals surface area contributed by atoms with Crippen LogP contribution in [0.4, 0.5) is 20.7 Å². The molecule has 8 nitrogen and oxygen atoms in total. The van der Waals surface area contributed by atoms with E-state index in [0.29, 0.717) is 50.8 Å². The van der Waals surface area contributed by atoms with Crippen molar-refractivity contribution in [2.24, 2.45) is 0 Å². The number of carbonyl (C=O) groups excluding carboxylic acids is 1. The van der Waals surface area contributed by atoms with Gasteiger partial charge in [-0.05, 0) is 32.0 Å². The smallest absolute Gasteiger partial charge is 0.410 e. The highest BCUT2D eigenvalue weighted by molar-refractivity contribution is 5.71. The number of carbonyl (C=O) groups is 1. The molecule has 2 aliphatic heterocycles. The highest BCUT2D eigenvalue weighted by Gasteiger charge is 2.33. The fourth-order valence-electron chi connectivity index (χ4n) is 3.66. The summed E-state index contributed by atoms with van der Waals surface area (Å²) < 4.78 is 24.7. The van der Waals surface area contributed by atoms with Crippen molar-refractivity contribution in [2.45, 2.75) is 33.0 Å². The number of halogens is 1. The Morgan fingerprint density at radius 1 is 1.38 bits per heavy atom. The third-order valence-corrected chi connectivity index (χ3v) is 5.18. The normalized spacial score (nSPS) is 18.7. The van der Waals surface area contributed by atoms with Crippen LogP contribution in [0.5, 0.6) is 0 Å². The predicted octanol–water partition coefficient (Wildman–Crippen LogP) is 2.56. The molecular formula is C20H24FN5O3. The topological polar surface area (TPSA) is 93.8 Å². The van der Waals surface area contributed by atoms with Crippen molar-refractivity contribution in [3.05, 3.63) is 35.3 Å². The predicted molar refractivity (Wildman–Crippen MR) is 106 cm³/mol. The van der Waals surface area contributed by atoms with E-state index in [1.54, 1.807) is 17.9 Å². The third kappa shape index (κ3) is 3.69. The first-order valence-corrected chi connectivity index (χ1v) is 9.69. The second-order valence-electron chi connectivity index (χ2n) is 7.20. The zero-order valence-corrected chi connectivity index (χ0v) is 16.5. The van der Waals surface area contributed by atoms with Gasteiger partial charge in [-0.3, -0.25) is 4.90 Å². The molecule has 0 saturated carbocycles. The zero-order chi connectivity index (χ0) is 20.5. The lowest BCUT2D eigenvalue weighted by Gasteiger charge is -2.35. The lowest BCUT2D eigenvalue weighted by atomic mass is 10.1. The molecular weight excluding hydrogens is 377 g/mol. The number of nitrogens with zero attached hydrogens (tertiary/aromatic N) is 4. The third-order valence-electron chi connectivity index (χ3n) is 5.18. The molecule has 1 atom stereocenters. The fraction of sp³-hybridized carbons (Fsp3) is 0.450. The molecule has 1 unspecified atom stereocenters. The molecule has 9 heteroatoms. The van der Waals surface area contributed by atoms with E-state index in [-0.39, 0.29) is 17.8 Å². The van der Waals surface area contributed by atoms with Crippen molar-refractivity contribution in [1.29, 1.82) is 0 Å². The first-order chi connectivity index (χ1) is 14.0. The second-order valence-corrected chi connectivity index (χ2v) is 7.20. The second kappa shape index (κ2) is 7.82. The Balaban J connectivity index is 1.78. The van der Waals surface area contributed by atoms with Crippen LogP contribution in [0.15, 0.2) is 18.2 Å². The SMILES string of the molecule is CCOC(=O)N1Cc2nc(-c3ccc(N)c(F)c3)nc(N3CCOCC3C)c2C1. The maximum atomic E-state index is 14.0. The molecule has 0 radical (unpaired) electrons. The minimum absolute atomic E-state index is 0.0745. The Morgan fingerprint density at radius 2 is 2.21 bits per heavy atom. The number of aromatic nitrogens is 2. The van der Waals surface area contributed by atoms with Gasteiger partial charge in [0.05, 0.1) is 50.3 Å². The van der Waals surface area contributed by atoms with E-state index < -0.39 is 5.82 Å². The van der Waals surface area contributed by atoms with Crippen LogP contribution >= 0.6 is 0 Å². The number of nitrogens with two attached hydrogens (primary N) is 1. The molecule has 2 N–H and O–H groups in total. The summed E-state index contributed by atoms with van der Waals surface area (Å²) in [6.07, 6.45) is -0.383. The Bertz CT molecular complexity index is 939. The van der Waals surface area contributed by atoms with Crippen LogP contribution in [0.25, 0.3) is 11.4 Å². The maximum Gasteiger partial charge on any atom is 0.410 e. The molecule has 29 heavy (non-hydrogen) atoms. The summed E-state index contributed by atoms with van der Waals surface area (Å²) in [5.41, 5.74) is 7.86. The number of rotatable bonds is 3. The molecule has 154 valence electrons. The summed E-state index contributed by atoms with van der Waals surface area (Å²) in [4.78, 5) is 25.4. The molecule has 3 heterocycles. The molecule has 1 aromatic carbocycles. The van der Waals surface area contributed by atoms with E-state index in [1.165, 1.54) is 12.1 Å². The van der Waals surface area contributed by atoms with Gasteiger partial charge in [-0.2, -0.15) is 0 Å². The average molecular weight is 401 g/mol. The first kappa shape index (κ1) is 19.4. The molecule has 1 saturated heterocycles. The van der Waals surface area contributed by atoms with Crippen LogP contribution in [-0.4, -0.2) is 53.4 Å². The van der Waals surface area contributed by atoms with Gasteiger partial charge < -0.3 is 20.1 Å². The molecule has 2 aliphatic rings. The summed E-state index contributed by atoms with van der Waals surface area (Å²) in [6.45, 7) is 6.71. The number of fused-ring (bicyclic) bond motifs is 1. The van der Waals surface area contributed by atoms with Crippen molar-refractivity contribution in [3.63, 3.8) is 0 Å². The lowest BCUT2D eigenvalue weighted by Crippen LogP contribution is -2.44. The van der Waals surface area contributed by atoms with Crippen LogP contribution in [0.3, 0.4) is 0 Å². The van der Waals surface area contributed by atoms with Crippen molar-refractivity contribution in [2.75, 3.05) is 37.0 Å². The number of benzene rings is 1. The monoisotopic (exact) mass is 401 g/mol. The summed E-state index contributed by atoms with van der Waals surface area (Å²) in [5.74, 6) is 0.646. The summed E-state index contributed by atoms with van der Waals surface area (Å²) in [6, 6.07) is 4.66.